The Hall–Kier alpha value is -2.29. The topological polar surface area (TPSA) is 107 Å². The van der Waals surface area contributed by atoms with E-state index in [9.17, 15) is 18.5 Å². The molecule has 0 fully saturated rings. The molecule has 0 radical (unpaired) electrons. The normalized spacial score (nSPS) is 11.6. The van der Waals surface area contributed by atoms with Crippen molar-refractivity contribution < 1.29 is 13.3 Å². The molecule has 134 valence electrons. The molecular formula is C17H21N3O4S. The van der Waals surface area contributed by atoms with E-state index in [1.807, 2.05) is 30.3 Å². The number of aryl methyl sites for hydroxylation is 1. The van der Waals surface area contributed by atoms with Crippen molar-refractivity contribution in [2.75, 3.05) is 19.6 Å². The monoisotopic (exact) mass is 363 g/mol. The minimum absolute atomic E-state index is 0.0390. The first-order chi connectivity index (χ1) is 11.9. The van der Waals surface area contributed by atoms with Gasteiger partial charge in [0.25, 0.3) is 5.69 Å². The average molecular weight is 363 g/mol. The Kier molecular flexibility index (Phi) is 6.24. The zero-order chi connectivity index (χ0) is 18.4. The van der Waals surface area contributed by atoms with Gasteiger partial charge in [-0.15, -0.1) is 0 Å². The van der Waals surface area contributed by atoms with Crippen LogP contribution in [0, 0.1) is 17.0 Å². The van der Waals surface area contributed by atoms with Crippen LogP contribution >= 0.6 is 0 Å². The first-order valence-corrected chi connectivity index (χ1v) is 9.29. The maximum Gasteiger partial charge on any atom is 0.272 e. The van der Waals surface area contributed by atoms with Gasteiger partial charge in [0.15, 0.2) is 0 Å². The van der Waals surface area contributed by atoms with Crippen molar-refractivity contribution in [2.45, 2.75) is 18.2 Å². The van der Waals surface area contributed by atoms with Gasteiger partial charge in [-0.1, -0.05) is 30.3 Å². The first-order valence-electron chi connectivity index (χ1n) is 7.85. The van der Waals surface area contributed by atoms with Crippen LogP contribution in [0.2, 0.25) is 0 Å². The molecule has 2 aromatic rings. The predicted octanol–water partition coefficient (Wildman–Crippen LogP) is 2.10. The van der Waals surface area contributed by atoms with Crippen molar-refractivity contribution in [3.05, 3.63) is 69.8 Å². The van der Waals surface area contributed by atoms with Crippen LogP contribution < -0.4 is 5.73 Å². The Morgan fingerprint density at radius 2 is 1.80 bits per heavy atom. The van der Waals surface area contributed by atoms with Crippen LogP contribution in [0.25, 0.3) is 0 Å². The van der Waals surface area contributed by atoms with E-state index in [0.29, 0.717) is 18.5 Å². The Labute approximate surface area is 147 Å². The number of nitro groups is 1. The molecule has 0 saturated heterocycles. The summed E-state index contributed by atoms with van der Waals surface area (Å²) in [5.41, 5.74) is 6.80. The fraction of sp³-hybridized carbons (Fsp3) is 0.294. The molecule has 2 rings (SSSR count). The van der Waals surface area contributed by atoms with E-state index in [1.54, 1.807) is 0 Å². The molecule has 0 aliphatic carbocycles. The molecular weight excluding hydrogens is 342 g/mol. The zero-order valence-corrected chi connectivity index (χ0v) is 14.8. The Morgan fingerprint density at radius 1 is 1.12 bits per heavy atom. The molecule has 0 atom stereocenters. The highest BCUT2D eigenvalue weighted by molar-refractivity contribution is 7.89. The lowest BCUT2D eigenvalue weighted by atomic mass is 10.1. The summed E-state index contributed by atoms with van der Waals surface area (Å²) in [6.45, 7) is 2.19. The van der Waals surface area contributed by atoms with E-state index in [4.69, 9.17) is 5.73 Å². The Morgan fingerprint density at radius 3 is 2.36 bits per heavy atom. The molecule has 0 unspecified atom stereocenters. The molecule has 0 spiro atoms. The van der Waals surface area contributed by atoms with Gasteiger partial charge in [0.1, 0.15) is 0 Å². The second-order valence-electron chi connectivity index (χ2n) is 5.63. The van der Waals surface area contributed by atoms with E-state index in [1.165, 1.54) is 29.4 Å². The summed E-state index contributed by atoms with van der Waals surface area (Å²) in [6, 6.07) is 13.4. The van der Waals surface area contributed by atoms with Crippen LogP contribution in [0.15, 0.2) is 53.4 Å². The van der Waals surface area contributed by atoms with Gasteiger partial charge in [-0.05, 0) is 31.0 Å². The summed E-state index contributed by atoms with van der Waals surface area (Å²) in [4.78, 5) is 10.4. The minimum atomic E-state index is -3.77. The number of sulfonamides is 1. The van der Waals surface area contributed by atoms with Crippen LogP contribution in [0.5, 0.6) is 0 Å². The van der Waals surface area contributed by atoms with Gasteiger partial charge in [0.05, 0.1) is 9.82 Å². The summed E-state index contributed by atoms with van der Waals surface area (Å²) >= 11 is 0. The minimum Gasteiger partial charge on any atom is -0.329 e. The van der Waals surface area contributed by atoms with Crippen molar-refractivity contribution in [3.8, 4) is 0 Å². The third kappa shape index (κ3) is 4.62. The lowest BCUT2D eigenvalue weighted by Gasteiger charge is -2.22. The summed E-state index contributed by atoms with van der Waals surface area (Å²) in [6.07, 6.45) is 0.562. The van der Waals surface area contributed by atoms with Gasteiger partial charge in [-0.2, -0.15) is 4.31 Å². The fourth-order valence-electron chi connectivity index (χ4n) is 2.54. The highest BCUT2D eigenvalue weighted by Gasteiger charge is 2.25. The van der Waals surface area contributed by atoms with Gasteiger partial charge < -0.3 is 5.73 Å². The summed E-state index contributed by atoms with van der Waals surface area (Å²) in [5, 5.41) is 10.9. The molecule has 0 aliphatic heterocycles. The van der Waals surface area contributed by atoms with Crippen LogP contribution in [-0.2, 0) is 16.4 Å². The number of nitro benzene ring substituents is 1. The highest BCUT2D eigenvalue weighted by atomic mass is 32.2. The highest BCUT2D eigenvalue weighted by Crippen LogP contribution is 2.24. The number of benzene rings is 2. The van der Waals surface area contributed by atoms with Gasteiger partial charge in [0.2, 0.25) is 10.0 Å². The zero-order valence-electron chi connectivity index (χ0n) is 14.0. The van der Waals surface area contributed by atoms with Gasteiger partial charge in [-0.25, -0.2) is 8.42 Å². The van der Waals surface area contributed by atoms with Gasteiger partial charge >= 0.3 is 0 Å². The molecule has 0 bridgehead atoms. The van der Waals surface area contributed by atoms with Gasteiger partial charge in [-0.3, -0.25) is 10.1 Å². The molecule has 0 amide bonds. The van der Waals surface area contributed by atoms with E-state index in [2.05, 4.69) is 0 Å². The maximum absolute atomic E-state index is 12.9. The quantitative estimate of drug-likeness (QED) is 0.571. The lowest BCUT2D eigenvalue weighted by Crippen LogP contribution is -2.37. The molecule has 0 saturated carbocycles. The standard InChI is InChI=1S/C17H21N3O4S/c1-14-13-16(7-8-17(14)20(21)22)25(23,24)19(12-10-18)11-9-15-5-3-2-4-6-15/h2-8,13H,9-12,18H2,1H3. The maximum atomic E-state index is 12.9. The molecule has 0 aromatic heterocycles. The summed E-state index contributed by atoms with van der Waals surface area (Å²) in [5.74, 6) is 0. The molecule has 2 aromatic carbocycles. The number of rotatable bonds is 8. The van der Waals surface area contributed by atoms with Crippen LogP contribution in [0.4, 0.5) is 5.69 Å². The molecule has 7 nitrogen and oxygen atoms in total. The van der Waals surface area contributed by atoms with Crippen LogP contribution in [-0.4, -0.2) is 37.3 Å². The first kappa shape index (κ1) is 19.0. The van der Waals surface area contributed by atoms with E-state index >= 15 is 0 Å². The lowest BCUT2D eigenvalue weighted by molar-refractivity contribution is -0.385. The number of nitrogens with zero attached hydrogens (tertiary/aromatic N) is 2. The van der Waals surface area contributed by atoms with Crippen molar-refractivity contribution in [1.82, 2.24) is 4.31 Å². The molecule has 2 N–H and O–H groups in total. The summed E-state index contributed by atoms with van der Waals surface area (Å²) in [7, 11) is -3.77. The van der Waals surface area contributed by atoms with Crippen molar-refractivity contribution in [2.24, 2.45) is 5.73 Å². The average Bonchev–Trinajstić information content (AvgIpc) is 2.59. The summed E-state index contributed by atoms with van der Waals surface area (Å²) < 4.78 is 27.1. The van der Waals surface area contributed by atoms with Crippen LogP contribution in [0.3, 0.4) is 0 Å². The second kappa shape index (κ2) is 8.19. The van der Waals surface area contributed by atoms with Crippen LogP contribution in [0.1, 0.15) is 11.1 Å². The van der Waals surface area contributed by atoms with Crippen molar-refractivity contribution in [1.29, 1.82) is 0 Å². The SMILES string of the molecule is Cc1cc(S(=O)(=O)N(CCN)CCc2ccccc2)ccc1[N+](=O)[O-]. The third-order valence-electron chi connectivity index (χ3n) is 3.87. The third-order valence-corrected chi connectivity index (χ3v) is 5.77. The largest absolute Gasteiger partial charge is 0.329 e. The Bertz CT molecular complexity index is 838. The number of hydrogen-bond acceptors (Lipinski definition) is 5. The molecule has 8 heteroatoms. The Balaban J connectivity index is 2.26. The predicted molar refractivity (Wildman–Crippen MR) is 95.8 cm³/mol. The number of nitrogens with two attached hydrogens (primary N) is 1. The van der Waals surface area contributed by atoms with Gasteiger partial charge in [0, 0.05) is 31.3 Å². The molecule has 0 heterocycles. The number of hydrogen-bond donors (Lipinski definition) is 1. The second-order valence-corrected chi connectivity index (χ2v) is 7.57. The molecule has 25 heavy (non-hydrogen) atoms. The van der Waals surface area contributed by atoms with Crippen molar-refractivity contribution in [3.63, 3.8) is 0 Å². The molecule has 0 aliphatic rings. The van der Waals surface area contributed by atoms with E-state index in [0.717, 1.165) is 5.56 Å². The van der Waals surface area contributed by atoms with E-state index < -0.39 is 14.9 Å². The van der Waals surface area contributed by atoms with Crippen molar-refractivity contribution >= 4 is 15.7 Å². The fourth-order valence-corrected chi connectivity index (χ4v) is 4.08. The van der Waals surface area contributed by atoms with E-state index in [-0.39, 0.29) is 23.7 Å². The smallest absolute Gasteiger partial charge is 0.272 e.